The summed E-state index contributed by atoms with van der Waals surface area (Å²) in [4.78, 5) is 11.2. The van der Waals surface area contributed by atoms with E-state index in [2.05, 4.69) is 16.9 Å². The molecule has 15 heavy (non-hydrogen) atoms. The normalized spacial score (nSPS) is 14.5. The molecular weight excluding hydrogens is 188 g/mol. The van der Waals surface area contributed by atoms with Gasteiger partial charge in [-0.25, -0.2) is 4.79 Å². The summed E-state index contributed by atoms with van der Waals surface area (Å²) in [6.45, 7) is 0. The van der Waals surface area contributed by atoms with Gasteiger partial charge in [0, 0.05) is 5.92 Å². The highest BCUT2D eigenvalue weighted by Crippen LogP contribution is 2.23. The topological polar surface area (TPSA) is 26.3 Å². The van der Waals surface area contributed by atoms with Crippen LogP contribution in [0.4, 0.5) is 0 Å². The molecule has 0 aliphatic heterocycles. The van der Waals surface area contributed by atoms with Crippen molar-refractivity contribution in [2.45, 2.75) is 5.92 Å². The number of carbonyl (C=O) groups excluding carboxylic acids is 1. The van der Waals surface area contributed by atoms with Crippen LogP contribution in [-0.2, 0) is 4.74 Å². The predicted molar refractivity (Wildman–Crippen MR) is 58.8 cm³/mol. The van der Waals surface area contributed by atoms with E-state index in [1.54, 1.807) is 12.1 Å². The van der Waals surface area contributed by atoms with Gasteiger partial charge in [0.15, 0.2) is 0 Å². The molecule has 0 unspecified atom stereocenters. The minimum atomic E-state index is -0.293. The third-order valence-electron chi connectivity index (χ3n) is 2.46. The van der Waals surface area contributed by atoms with Gasteiger partial charge in [0.1, 0.15) is 0 Å². The zero-order valence-corrected chi connectivity index (χ0v) is 8.51. The van der Waals surface area contributed by atoms with Crippen LogP contribution in [0.5, 0.6) is 0 Å². The fourth-order valence-electron chi connectivity index (χ4n) is 1.61. The van der Waals surface area contributed by atoms with Crippen LogP contribution in [-0.4, -0.2) is 13.1 Å². The van der Waals surface area contributed by atoms with Crippen LogP contribution in [0.3, 0.4) is 0 Å². The van der Waals surface area contributed by atoms with E-state index in [1.165, 1.54) is 12.7 Å². The fourth-order valence-corrected chi connectivity index (χ4v) is 1.61. The molecule has 0 amide bonds. The van der Waals surface area contributed by atoms with Gasteiger partial charge in [-0.2, -0.15) is 0 Å². The lowest BCUT2D eigenvalue weighted by molar-refractivity contribution is 0.0600. The Morgan fingerprint density at radius 1 is 1.13 bits per heavy atom. The first-order valence-electron chi connectivity index (χ1n) is 4.84. The van der Waals surface area contributed by atoms with E-state index in [9.17, 15) is 4.79 Å². The third kappa shape index (κ3) is 1.99. The number of hydrogen-bond donors (Lipinski definition) is 0. The quantitative estimate of drug-likeness (QED) is 0.686. The first kappa shape index (κ1) is 9.71. The fraction of sp³-hybridized carbons (Fsp3) is 0.154. The summed E-state index contributed by atoms with van der Waals surface area (Å²) in [6.07, 6.45) is 8.29. The molecule has 0 radical (unpaired) electrons. The Bertz CT molecular complexity index is 401. The maximum absolute atomic E-state index is 11.2. The van der Waals surface area contributed by atoms with Crippen LogP contribution in [0.1, 0.15) is 21.8 Å². The van der Waals surface area contributed by atoms with E-state index in [-0.39, 0.29) is 5.97 Å². The first-order chi connectivity index (χ1) is 7.31. The lowest BCUT2D eigenvalue weighted by Crippen LogP contribution is -2.01. The molecule has 1 aromatic carbocycles. The average Bonchev–Trinajstić information content (AvgIpc) is 2.82. The highest BCUT2D eigenvalue weighted by atomic mass is 16.5. The Hall–Kier alpha value is -1.83. The van der Waals surface area contributed by atoms with E-state index in [1.807, 2.05) is 24.3 Å². The highest BCUT2D eigenvalue weighted by Gasteiger charge is 2.09. The molecule has 2 heteroatoms. The predicted octanol–water partition coefficient (Wildman–Crippen LogP) is 2.68. The molecule has 0 saturated heterocycles. The van der Waals surface area contributed by atoms with Crippen molar-refractivity contribution < 1.29 is 9.53 Å². The van der Waals surface area contributed by atoms with Crippen LogP contribution in [0.2, 0.25) is 0 Å². The summed E-state index contributed by atoms with van der Waals surface area (Å²) in [6, 6.07) is 7.50. The van der Waals surface area contributed by atoms with Crippen LogP contribution in [0.25, 0.3) is 0 Å². The Balaban J connectivity index is 2.20. The van der Waals surface area contributed by atoms with Crippen molar-refractivity contribution in [3.05, 3.63) is 59.7 Å². The molecule has 2 rings (SSSR count). The van der Waals surface area contributed by atoms with Crippen molar-refractivity contribution >= 4 is 5.97 Å². The van der Waals surface area contributed by atoms with Crippen molar-refractivity contribution in [2.75, 3.05) is 7.11 Å². The van der Waals surface area contributed by atoms with E-state index >= 15 is 0 Å². The summed E-state index contributed by atoms with van der Waals surface area (Å²) in [7, 11) is 1.39. The second-order valence-corrected chi connectivity index (χ2v) is 3.41. The average molecular weight is 200 g/mol. The van der Waals surface area contributed by atoms with Crippen LogP contribution in [0, 0.1) is 0 Å². The zero-order chi connectivity index (χ0) is 10.7. The maximum atomic E-state index is 11.2. The first-order valence-corrected chi connectivity index (χ1v) is 4.84. The summed E-state index contributed by atoms with van der Waals surface area (Å²) in [5, 5.41) is 0. The Morgan fingerprint density at radius 3 is 2.27 bits per heavy atom. The van der Waals surface area contributed by atoms with E-state index in [0.717, 1.165) is 0 Å². The van der Waals surface area contributed by atoms with Crippen molar-refractivity contribution in [1.29, 1.82) is 0 Å². The smallest absolute Gasteiger partial charge is 0.337 e. The monoisotopic (exact) mass is 200 g/mol. The standard InChI is InChI=1S/C13H12O2/c1-15-13(14)12-8-6-11(7-9-12)10-4-2-3-5-10/h2-10H,1H3. The lowest BCUT2D eigenvalue weighted by atomic mass is 10.00. The summed E-state index contributed by atoms with van der Waals surface area (Å²) < 4.78 is 4.63. The molecule has 0 heterocycles. The molecule has 0 spiro atoms. The second kappa shape index (κ2) is 4.13. The molecule has 0 atom stereocenters. The molecule has 76 valence electrons. The van der Waals surface area contributed by atoms with Crippen LogP contribution in [0.15, 0.2) is 48.6 Å². The van der Waals surface area contributed by atoms with Crippen LogP contribution >= 0.6 is 0 Å². The number of rotatable bonds is 2. The lowest BCUT2D eigenvalue weighted by Gasteiger charge is -2.06. The maximum Gasteiger partial charge on any atom is 0.337 e. The largest absolute Gasteiger partial charge is 0.465 e. The summed E-state index contributed by atoms with van der Waals surface area (Å²) in [5.74, 6) is 0.0516. The van der Waals surface area contributed by atoms with E-state index < -0.39 is 0 Å². The molecule has 0 bridgehead atoms. The van der Waals surface area contributed by atoms with Gasteiger partial charge in [-0.15, -0.1) is 0 Å². The minimum Gasteiger partial charge on any atom is -0.465 e. The minimum absolute atomic E-state index is 0.293. The highest BCUT2D eigenvalue weighted by molar-refractivity contribution is 5.89. The van der Waals surface area contributed by atoms with Gasteiger partial charge >= 0.3 is 5.97 Å². The van der Waals surface area contributed by atoms with Gasteiger partial charge in [0.2, 0.25) is 0 Å². The number of carbonyl (C=O) groups is 1. The van der Waals surface area contributed by atoms with Gasteiger partial charge in [0.25, 0.3) is 0 Å². The number of ether oxygens (including phenoxy) is 1. The Kier molecular flexibility index (Phi) is 2.68. The van der Waals surface area contributed by atoms with E-state index in [0.29, 0.717) is 11.5 Å². The van der Waals surface area contributed by atoms with Gasteiger partial charge < -0.3 is 4.74 Å². The van der Waals surface area contributed by atoms with Crippen LogP contribution < -0.4 is 0 Å². The molecule has 0 fully saturated rings. The number of methoxy groups -OCH3 is 1. The number of allylic oxidation sites excluding steroid dienone is 4. The van der Waals surface area contributed by atoms with Gasteiger partial charge in [-0.1, -0.05) is 36.4 Å². The molecule has 1 aromatic rings. The van der Waals surface area contributed by atoms with Crippen molar-refractivity contribution in [1.82, 2.24) is 0 Å². The Labute approximate surface area is 88.9 Å². The molecule has 0 aromatic heterocycles. The SMILES string of the molecule is COC(=O)c1ccc(C2C=CC=C2)cc1. The number of benzene rings is 1. The summed E-state index contributed by atoms with van der Waals surface area (Å²) >= 11 is 0. The molecule has 2 nitrogen and oxygen atoms in total. The Morgan fingerprint density at radius 2 is 1.73 bits per heavy atom. The van der Waals surface area contributed by atoms with Gasteiger partial charge in [0.05, 0.1) is 12.7 Å². The molecule has 0 N–H and O–H groups in total. The number of hydrogen-bond acceptors (Lipinski definition) is 2. The molecule has 1 aliphatic rings. The molecule has 0 saturated carbocycles. The number of esters is 1. The zero-order valence-electron chi connectivity index (χ0n) is 8.51. The van der Waals surface area contributed by atoms with E-state index in [4.69, 9.17) is 0 Å². The van der Waals surface area contributed by atoms with Crippen molar-refractivity contribution in [3.8, 4) is 0 Å². The van der Waals surface area contributed by atoms with Crippen molar-refractivity contribution in [2.24, 2.45) is 0 Å². The molecular formula is C13H12O2. The van der Waals surface area contributed by atoms with Crippen molar-refractivity contribution in [3.63, 3.8) is 0 Å². The second-order valence-electron chi connectivity index (χ2n) is 3.41. The third-order valence-corrected chi connectivity index (χ3v) is 2.46. The summed E-state index contributed by atoms with van der Waals surface area (Å²) in [5.41, 5.74) is 1.78. The van der Waals surface area contributed by atoms with Gasteiger partial charge in [-0.05, 0) is 17.7 Å². The molecule has 1 aliphatic carbocycles. The van der Waals surface area contributed by atoms with Gasteiger partial charge in [-0.3, -0.25) is 0 Å².